The van der Waals surface area contributed by atoms with Crippen LogP contribution in [0.4, 0.5) is 11.4 Å². The molecule has 0 saturated carbocycles. The van der Waals surface area contributed by atoms with E-state index >= 15 is 0 Å². The van der Waals surface area contributed by atoms with Gasteiger partial charge in [-0.15, -0.1) is 0 Å². The number of amides is 1. The monoisotopic (exact) mass is 442 g/mol. The van der Waals surface area contributed by atoms with Crippen molar-refractivity contribution in [3.05, 3.63) is 83.4 Å². The van der Waals surface area contributed by atoms with Gasteiger partial charge in [0.15, 0.2) is 6.61 Å². The normalized spacial score (nSPS) is 14.8. The van der Waals surface area contributed by atoms with E-state index in [1.54, 1.807) is 0 Å². The summed E-state index contributed by atoms with van der Waals surface area (Å²) in [7, 11) is 0. The Morgan fingerprint density at radius 2 is 1.61 bits per heavy atom. The van der Waals surface area contributed by atoms with E-state index in [9.17, 15) is 9.59 Å². The number of hydrogen-bond acceptors (Lipinski definition) is 5. The molecule has 33 heavy (non-hydrogen) atoms. The van der Waals surface area contributed by atoms with Gasteiger partial charge in [0, 0.05) is 35.6 Å². The number of nitrogens with one attached hydrogen (secondary N) is 1. The van der Waals surface area contributed by atoms with Gasteiger partial charge in [0.1, 0.15) is 17.4 Å². The number of aryl methyl sites for hydroxylation is 1. The number of carbonyl (C=O) groups excluding carboxylic acids is 2. The highest BCUT2D eigenvalue weighted by molar-refractivity contribution is 5.95. The molecular formula is C27H26N2O4. The average Bonchev–Trinajstić information content (AvgIpc) is 3.37. The van der Waals surface area contributed by atoms with Crippen molar-refractivity contribution in [3.8, 4) is 11.5 Å². The SMILES string of the molecule is Cc1cc(N2CCCC2)ccc1NC(=O)COC(=O)C1c2ccccc2Oc2ccccc21. The number of esters is 1. The van der Waals surface area contributed by atoms with Gasteiger partial charge in [0.2, 0.25) is 0 Å². The minimum absolute atomic E-state index is 0.353. The van der Waals surface area contributed by atoms with E-state index in [0.717, 1.165) is 35.5 Å². The maximum absolute atomic E-state index is 13.1. The van der Waals surface area contributed by atoms with E-state index in [1.165, 1.54) is 18.5 Å². The van der Waals surface area contributed by atoms with Crippen LogP contribution >= 0.6 is 0 Å². The largest absolute Gasteiger partial charge is 0.457 e. The van der Waals surface area contributed by atoms with Crippen molar-refractivity contribution >= 4 is 23.3 Å². The molecule has 2 aliphatic rings. The molecule has 5 rings (SSSR count). The van der Waals surface area contributed by atoms with Crippen molar-refractivity contribution in [2.24, 2.45) is 0 Å². The molecule has 6 nitrogen and oxygen atoms in total. The van der Waals surface area contributed by atoms with Gasteiger partial charge in [-0.3, -0.25) is 9.59 Å². The third-order valence-corrected chi connectivity index (χ3v) is 6.22. The number of ether oxygens (including phenoxy) is 2. The zero-order valence-corrected chi connectivity index (χ0v) is 18.5. The first-order valence-corrected chi connectivity index (χ1v) is 11.3. The summed E-state index contributed by atoms with van der Waals surface area (Å²) in [5.41, 5.74) is 4.34. The Morgan fingerprint density at radius 3 is 2.24 bits per heavy atom. The molecule has 3 aromatic rings. The predicted molar refractivity (Wildman–Crippen MR) is 127 cm³/mol. The second kappa shape index (κ2) is 8.98. The maximum atomic E-state index is 13.1. The van der Waals surface area contributed by atoms with Gasteiger partial charge in [-0.05, 0) is 55.7 Å². The fraction of sp³-hybridized carbons (Fsp3) is 0.259. The lowest BCUT2D eigenvalue weighted by atomic mass is 9.88. The standard InChI is InChI=1S/C27H26N2O4/c1-18-16-19(29-14-6-7-15-29)12-13-22(18)28-25(30)17-32-27(31)26-20-8-2-4-10-23(20)33-24-11-5-3-9-21(24)26/h2-5,8-13,16,26H,6-7,14-15,17H2,1H3,(H,28,30). The molecule has 0 bridgehead atoms. The summed E-state index contributed by atoms with van der Waals surface area (Å²) < 4.78 is 11.4. The van der Waals surface area contributed by atoms with Gasteiger partial charge in [-0.1, -0.05) is 36.4 Å². The van der Waals surface area contributed by atoms with E-state index < -0.39 is 11.9 Å². The Morgan fingerprint density at radius 1 is 0.970 bits per heavy atom. The molecule has 0 radical (unpaired) electrons. The summed E-state index contributed by atoms with van der Waals surface area (Å²) in [4.78, 5) is 28.0. The summed E-state index contributed by atoms with van der Waals surface area (Å²) in [5.74, 6) is -0.239. The number of carbonyl (C=O) groups is 2. The third kappa shape index (κ3) is 4.29. The summed E-state index contributed by atoms with van der Waals surface area (Å²) in [5, 5.41) is 2.87. The van der Waals surface area contributed by atoms with Crippen LogP contribution < -0.4 is 15.0 Å². The lowest BCUT2D eigenvalue weighted by molar-refractivity contribution is -0.148. The molecule has 0 unspecified atom stereocenters. The topological polar surface area (TPSA) is 67.9 Å². The zero-order chi connectivity index (χ0) is 22.8. The first-order valence-electron chi connectivity index (χ1n) is 11.3. The highest BCUT2D eigenvalue weighted by atomic mass is 16.5. The van der Waals surface area contributed by atoms with Crippen LogP contribution in [0.3, 0.4) is 0 Å². The lowest BCUT2D eigenvalue weighted by Crippen LogP contribution is -2.26. The molecule has 2 heterocycles. The molecule has 3 aromatic carbocycles. The van der Waals surface area contributed by atoms with Gasteiger partial charge in [-0.2, -0.15) is 0 Å². The molecule has 1 amide bonds. The molecule has 168 valence electrons. The summed E-state index contributed by atoms with van der Waals surface area (Å²) in [6.45, 7) is 3.75. The van der Waals surface area contributed by atoms with E-state index in [-0.39, 0.29) is 12.5 Å². The summed E-state index contributed by atoms with van der Waals surface area (Å²) in [6, 6.07) is 20.8. The number of fused-ring (bicyclic) bond motifs is 2. The Balaban J connectivity index is 1.26. The molecule has 0 spiro atoms. The van der Waals surface area contributed by atoms with E-state index in [4.69, 9.17) is 9.47 Å². The Kier molecular flexibility index (Phi) is 5.73. The predicted octanol–water partition coefficient (Wildman–Crippen LogP) is 5.01. The minimum Gasteiger partial charge on any atom is -0.457 e. The highest BCUT2D eigenvalue weighted by Gasteiger charge is 2.33. The van der Waals surface area contributed by atoms with Crippen molar-refractivity contribution in [2.45, 2.75) is 25.7 Å². The maximum Gasteiger partial charge on any atom is 0.318 e. The lowest BCUT2D eigenvalue weighted by Gasteiger charge is -2.26. The molecule has 0 aromatic heterocycles. The van der Waals surface area contributed by atoms with Gasteiger partial charge in [-0.25, -0.2) is 0 Å². The summed E-state index contributed by atoms with van der Waals surface area (Å²) in [6.07, 6.45) is 2.43. The molecular weight excluding hydrogens is 416 g/mol. The number of anilines is 2. The average molecular weight is 443 g/mol. The van der Waals surface area contributed by atoms with Crippen molar-refractivity contribution in [1.29, 1.82) is 0 Å². The van der Waals surface area contributed by atoms with Gasteiger partial charge in [0.05, 0.1) is 0 Å². The van der Waals surface area contributed by atoms with Crippen LogP contribution in [0.5, 0.6) is 11.5 Å². The molecule has 1 saturated heterocycles. The van der Waals surface area contributed by atoms with Crippen LogP contribution in [0.15, 0.2) is 66.7 Å². The molecule has 2 aliphatic heterocycles. The number of hydrogen-bond donors (Lipinski definition) is 1. The van der Waals surface area contributed by atoms with Crippen LogP contribution in [0.1, 0.15) is 35.4 Å². The fourth-order valence-electron chi connectivity index (χ4n) is 4.53. The van der Waals surface area contributed by atoms with Gasteiger partial charge >= 0.3 is 5.97 Å². The first kappa shape index (κ1) is 21.1. The van der Waals surface area contributed by atoms with E-state index in [0.29, 0.717) is 11.5 Å². The molecule has 1 fully saturated rings. The van der Waals surface area contributed by atoms with Crippen molar-refractivity contribution in [1.82, 2.24) is 0 Å². The van der Waals surface area contributed by atoms with Crippen LogP contribution in [0.25, 0.3) is 0 Å². The third-order valence-electron chi connectivity index (χ3n) is 6.22. The summed E-state index contributed by atoms with van der Waals surface area (Å²) >= 11 is 0. The molecule has 1 N–H and O–H groups in total. The quantitative estimate of drug-likeness (QED) is 0.563. The fourth-order valence-corrected chi connectivity index (χ4v) is 4.53. The smallest absolute Gasteiger partial charge is 0.318 e. The van der Waals surface area contributed by atoms with E-state index in [1.807, 2.05) is 67.6 Å². The Labute approximate surface area is 193 Å². The second-order valence-electron chi connectivity index (χ2n) is 8.46. The molecule has 6 heteroatoms. The number of benzene rings is 3. The van der Waals surface area contributed by atoms with Crippen LogP contribution in [0, 0.1) is 6.92 Å². The van der Waals surface area contributed by atoms with Crippen molar-refractivity contribution in [2.75, 3.05) is 29.9 Å². The highest BCUT2D eigenvalue weighted by Crippen LogP contribution is 2.44. The van der Waals surface area contributed by atoms with Crippen LogP contribution in [-0.2, 0) is 14.3 Å². The van der Waals surface area contributed by atoms with Crippen LogP contribution in [0.2, 0.25) is 0 Å². The van der Waals surface area contributed by atoms with E-state index in [2.05, 4.69) is 16.3 Å². The number of rotatable bonds is 5. The zero-order valence-electron chi connectivity index (χ0n) is 18.5. The molecule has 0 atom stereocenters. The minimum atomic E-state index is -0.638. The van der Waals surface area contributed by atoms with Gasteiger partial charge in [0.25, 0.3) is 5.91 Å². The Hall–Kier alpha value is -3.80. The second-order valence-corrected chi connectivity index (χ2v) is 8.46. The van der Waals surface area contributed by atoms with Crippen LogP contribution in [-0.4, -0.2) is 31.6 Å². The van der Waals surface area contributed by atoms with Gasteiger partial charge < -0.3 is 19.7 Å². The number of para-hydroxylation sites is 2. The number of nitrogens with zero attached hydrogens (tertiary/aromatic N) is 1. The van der Waals surface area contributed by atoms with Crippen molar-refractivity contribution < 1.29 is 19.1 Å². The van der Waals surface area contributed by atoms with Crippen molar-refractivity contribution in [3.63, 3.8) is 0 Å². The molecule has 0 aliphatic carbocycles. The Bertz CT molecular complexity index is 1150. The first-order chi connectivity index (χ1) is 16.1.